The fraction of sp³-hybridized carbons (Fsp3) is 0.400. The van der Waals surface area contributed by atoms with Gasteiger partial charge in [0.1, 0.15) is 6.17 Å². The predicted octanol–water partition coefficient (Wildman–Crippen LogP) is -1.75. The lowest BCUT2D eigenvalue weighted by Gasteiger charge is -2.22. The lowest BCUT2D eigenvalue weighted by molar-refractivity contribution is 0.100. The van der Waals surface area contributed by atoms with E-state index in [0.29, 0.717) is 0 Å². The molecule has 4 N–H and O–H groups in total. The Kier molecular flexibility index (Phi) is 1.12. The molecule has 0 radical (unpaired) electrons. The molecule has 2 rings (SSSR count). The molecule has 0 saturated heterocycles. The molecule has 10 heavy (non-hydrogen) atoms. The van der Waals surface area contributed by atoms with Gasteiger partial charge in [0.25, 0.3) is 0 Å². The summed E-state index contributed by atoms with van der Waals surface area (Å²) in [5.74, 6) is 0. The van der Waals surface area contributed by atoms with Crippen molar-refractivity contribution in [3.63, 3.8) is 0 Å². The third kappa shape index (κ3) is 0.758. The first-order valence-corrected chi connectivity index (χ1v) is 3.05. The maximum absolute atomic E-state index is 8.99. The van der Waals surface area contributed by atoms with Gasteiger partial charge in [0.15, 0.2) is 6.35 Å². The monoisotopic (exact) mass is 140 g/mol. The van der Waals surface area contributed by atoms with Gasteiger partial charge in [0.2, 0.25) is 0 Å². The van der Waals surface area contributed by atoms with E-state index in [9.17, 15) is 0 Å². The minimum Gasteiger partial charge on any atom is -0.361 e. The van der Waals surface area contributed by atoms with Gasteiger partial charge in [-0.1, -0.05) is 0 Å². The zero-order valence-electron chi connectivity index (χ0n) is 5.20. The van der Waals surface area contributed by atoms with Gasteiger partial charge in [-0.05, 0) is 0 Å². The average molecular weight is 140 g/mol. The van der Waals surface area contributed by atoms with Crippen LogP contribution in [0.5, 0.6) is 0 Å². The second-order valence-corrected chi connectivity index (χ2v) is 2.16. The number of aliphatic imine (C=N–C) groups is 1. The van der Waals surface area contributed by atoms with E-state index in [-0.39, 0.29) is 6.17 Å². The van der Waals surface area contributed by atoms with Crippen LogP contribution in [-0.4, -0.2) is 24.0 Å². The molecule has 0 amide bonds. The standard InChI is InChI=1S/C5H8N4O/c10-5-6-1-3-4(9-5)8-2-7-3/h1-2,4-6,9-10H,(H,7,8). The van der Waals surface area contributed by atoms with Crippen LogP contribution in [0.4, 0.5) is 0 Å². The molecule has 5 nitrogen and oxygen atoms in total. The topological polar surface area (TPSA) is 68.7 Å². The highest BCUT2D eigenvalue weighted by Gasteiger charge is 2.22. The van der Waals surface area contributed by atoms with Crippen LogP contribution < -0.4 is 16.0 Å². The molecule has 5 heteroatoms. The lowest BCUT2D eigenvalue weighted by Crippen LogP contribution is -2.49. The van der Waals surface area contributed by atoms with Crippen LogP contribution in [0.15, 0.2) is 16.9 Å². The molecule has 0 aromatic carbocycles. The Morgan fingerprint density at radius 1 is 1.60 bits per heavy atom. The molecular formula is C5H8N4O. The van der Waals surface area contributed by atoms with Gasteiger partial charge >= 0.3 is 0 Å². The zero-order chi connectivity index (χ0) is 6.97. The molecule has 0 bridgehead atoms. The summed E-state index contributed by atoms with van der Waals surface area (Å²) in [5.41, 5.74) is 0.935. The Morgan fingerprint density at radius 2 is 2.50 bits per heavy atom. The summed E-state index contributed by atoms with van der Waals surface area (Å²) in [7, 11) is 0. The van der Waals surface area contributed by atoms with Gasteiger partial charge in [-0.3, -0.25) is 4.99 Å². The van der Waals surface area contributed by atoms with Gasteiger partial charge in [-0.25, -0.2) is 5.32 Å². The van der Waals surface area contributed by atoms with E-state index in [1.54, 1.807) is 12.5 Å². The van der Waals surface area contributed by atoms with Crippen LogP contribution in [-0.2, 0) is 0 Å². The third-order valence-electron chi connectivity index (χ3n) is 1.46. The van der Waals surface area contributed by atoms with Crippen LogP contribution >= 0.6 is 0 Å². The number of nitrogens with zero attached hydrogens (tertiary/aromatic N) is 1. The molecular weight excluding hydrogens is 132 g/mol. The van der Waals surface area contributed by atoms with E-state index in [1.807, 2.05) is 0 Å². The molecule has 2 unspecified atom stereocenters. The number of hydrogen-bond acceptors (Lipinski definition) is 5. The fourth-order valence-corrected chi connectivity index (χ4v) is 0.965. The molecule has 0 aromatic rings. The Balaban J connectivity index is 2.18. The molecule has 2 aliphatic heterocycles. The van der Waals surface area contributed by atoms with E-state index in [1.165, 1.54) is 0 Å². The Morgan fingerprint density at radius 3 is 3.40 bits per heavy atom. The van der Waals surface area contributed by atoms with Crippen molar-refractivity contribution in [2.24, 2.45) is 4.99 Å². The SMILES string of the molecule is OC1NC=C2NC=NC2N1. The van der Waals surface area contributed by atoms with Crippen molar-refractivity contribution < 1.29 is 5.11 Å². The zero-order valence-corrected chi connectivity index (χ0v) is 5.20. The van der Waals surface area contributed by atoms with Crippen LogP contribution in [0.3, 0.4) is 0 Å². The minimum absolute atomic E-state index is 0.101. The lowest BCUT2D eigenvalue weighted by atomic mass is 10.3. The molecule has 0 aromatic heterocycles. The summed E-state index contributed by atoms with van der Waals surface area (Å²) in [6.07, 6.45) is 2.52. The van der Waals surface area contributed by atoms with Gasteiger partial charge < -0.3 is 15.7 Å². The van der Waals surface area contributed by atoms with E-state index >= 15 is 0 Å². The van der Waals surface area contributed by atoms with Gasteiger partial charge in [0.05, 0.1) is 12.0 Å². The van der Waals surface area contributed by atoms with Crippen LogP contribution in [0.25, 0.3) is 0 Å². The second kappa shape index (κ2) is 1.96. The number of hydrogen-bond donors (Lipinski definition) is 4. The average Bonchev–Trinajstić information content (AvgIpc) is 2.33. The third-order valence-corrected chi connectivity index (χ3v) is 1.46. The number of rotatable bonds is 0. The summed E-state index contributed by atoms with van der Waals surface area (Å²) >= 11 is 0. The molecule has 0 spiro atoms. The number of aliphatic hydroxyl groups excluding tert-OH is 1. The van der Waals surface area contributed by atoms with Crippen LogP contribution in [0.1, 0.15) is 0 Å². The Labute approximate surface area is 57.8 Å². The number of aliphatic hydroxyl groups is 1. The van der Waals surface area contributed by atoms with E-state index in [4.69, 9.17) is 5.11 Å². The van der Waals surface area contributed by atoms with Crippen molar-refractivity contribution in [2.75, 3.05) is 0 Å². The van der Waals surface area contributed by atoms with E-state index < -0.39 is 6.35 Å². The van der Waals surface area contributed by atoms with Crippen molar-refractivity contribution in [1.29, 1.82) is 0 Å². The molecule has 0 fully saturated rings. The summed E-state index contributed by atoms with van der Waals surface area (Å²) in [4.78, 5) is 3.99. The first kappa shape index (κ1) is 5.70. The van der Waals surface area contributed by atoms with Crippen molar-refractivity contribution in [1.82, 2.24) is 16.0 Å². The highest BCUT2D eigenvalue weighted by atomic mass is 16.3. The molecule has 0 aliphatic carbocycles. The van der Waals surface area contributed by atoms with Gasteiger partial charge in [0, 0.05) is 6.20 Å². The molecule has 54 valence electrons. The first-order chi connectivity index (χ1) is 4.86. The van der Waals surface area contributed by atoms with Crippen LogP contribution in [0.2, 0.25) is 0 Å². The summed E-state index contributed by atoms with van der Waals surface area (Å²) in [6, 6.07) is 0. The first-order valence-electron chi connectivity index (χ1n) is 3.05. The maximum atomic E-state index is 8.99. The Hall–Kier alpha value is -1.07. The molecule has 0 saturated carbocycles. The van der Waals surface area contributed by atoms with Crippen LogP contribution in [0, 0.1) is 0 Å². The predicted molar refractivity (Wildman–Crippen MR) is 35.8 cm³/mol. The van der Waals surface area contributed by atoms with Crippen molar-refractivity contribution in [3.8, 4) is 0 Å². The van der Waals surface area contributed by atoms with Gasteiger partial charge in [-0.2, -0.15) is 0 Å². The summed E-state index contributed by atoms with van der Waals surface area (Å²) in [6.45, 7) is 0. The molecule has 2 aliphatic rings. The van der Waals surface area contributed by atoms with Crippen molar-refractivity contribution >= 4 is 6.34 Å². The maximum Gasteiger partial charge on any atom is 0.183 e. The van der Waals surface area contributed by atoms with E-state index in [2.05, 4.69) is 20.9 Å². The van der Waals surface area contributed by atoms with Crippen molar-refractivity contribution in [2.45, 2.75) is 12.5 Å². The highest BCUT2D eigenvalue weighted by Crippen LogP contribution is 2.06. The summed E-state index contributed by atoms with van der Waals surface area (Å²) in [5, 5.41) is 17.4. The minimum atomic E-state index is -0.689. The Bertz CT molecular complexity index is 200. The highest BCUT2D eigenvalue weighted by molar-refractivity contribution is 5.62. The quantitative estimate of drug-likeness (QED) is 0.322. The number of fused-ring (bicyclic) bond motifs is 1. The second-order valence-electron chi connectivity index (χ2n) is 2.16. The fourth-order valence-electron chi connectivity index (χ4n) is 0.965. The molecule has 2 atom stereocenters. The largest absolute Gasteiger partial charge is 0.361 e. The smallest absolute Gasteiger partial charge is 0.183 e. The summed E-state index contributed by atoms with van der Waals surface area (Å²) < 4.78 is 0. The normalized spacial score (nSPS) is 35.9. The van der Waals surface area contributed by atoms with Gasteiger partial charge in [-0.15, -0.1) is 0 Å². The molecule has 2 heterocycles. The van der Waals surface area contributed by atoms with E-state index in [0.717, 1.165) is 5.70 Å². The van der Waals surface area contributed by atoms with Crippen molar-refractivity contribution in [3.05, 3.63) is 11.9 Å². The number of nitrogens with one attached hydrogen (secondary N) is 3.